The van der Waals surface area contributed by atoms with Gasteiger partial charge in [0.15, 0.2) is 0 Å². The van der Waals surface area contributed by atoms with Crippen LogP contribution in [0.15, 0.2) is 29.1 Å². The van der Waals surface area contributed by atoms with Crippen LogP contribution < -0.4 is 5.56 Å². The molecule has 0 bridgehead atoms. The van der Waals surface area contributed by atoms with Gasteiger partial charge >= 0.3 is 0 Å². The fourth-order valence-electron chi connectivity index (χ4n) is 2.80. The van der Waals surface area contributed by atoms with Crippen LogP contribution in [0.3, 0.4) is 0 Å². The SMILES string of the molecule is CC(C)Cn1nc(-c2ccc(F)cc2F)cc(CN(CCO)CCO)c1=O.Cl. The predicted molar refractivity (Wildman–Crippen MR) is 105 cm³/mol. The topological polar surface area (TPSA) is 78.6 Å². The molecule has 0 unspecified atom stereocenters. The minimum absolute atomic E-state index is 0. The van der Waals surface area contributed by atoms with Gasteiger partial charge in [0.1, 0.15) is 11.6 Å². The highest BCUT2D eigenvalue weighted by Crippen LogP contribution is 2.22. The lowest BCUT2D eigenvalue weighted by Crippen LogP contribution is -2.35. The number of hydrogen-bond acceptors (Lipinski definition) is 5. The molecule has 0 spiro atoms. The minimum atomic E-state index is -0.759. The summed E-state index contributed by atoms with van der Waals surface area (Å²) in [5, 5.41) is 22.6. The Morgan fingerprint density at radius 1 is 1.14 bits per heavy atom. The van der Waals surface area contributed by atoms with Crippen LogP contribution in [-0.4, -0.2) is 51.2 Å². The van der Waals surface area contributed by atoms with E-state index in [1.54, 1.807) is 4.90 Å². The smallest absolute Gasteiger partial charge is 0.271 e. The van der Waals surface area contributed by atoms with E-state index in [0.717, 1.165) is 12.1 Å². The minimum Gasteiger partial charge on any atom is -0.395 e. The van der Waals surface area contributed by atoms with Gasteiger partial charge in [-0.15, -0.1) is 12.4 Å². The molecule has 1 aromatic heterocycles. The van der Waals surface area contributed by atoms with Crippen molar-refractivity contribution >= 4 is 12.4 Å². The van der Waals surface area contributed by atoms with E-state index < -0.39 is 11.6 Å². The molecule has 0 atom stereocenters. The number of benzene rings is 1. The summed E-state index contributed by atoms with van der Waals surface area (Å²) in [6.07, 6.45) is 0. The molecule has 9 heteroatoms. The molecule has 2 N–H and O–H groups in total. The largest absolute Gasteiger partial charge is 0.395 e. The molecule has 0 fully saturated rings. The Bertz CT molecular complexity index is 825. The van der Waals surface area contributed by atoms with Crippen molar-refractivity contribution in [2.45, 2.75) is 26.9 Å². The number of halogens is 3. The van der Waals surface area contributed by atoms with Gasteiger partial charge in [0, 0.05) is 43.4 Å². The van der Waals surface area contributed by atoms with Crippen molar-refractivity contribution in [1.29, 1.82) is 0 Å². The molecule has 0 aliphatic carbocycles. The summed E-state index contributed by atoms with van der Waals surface area (Å²) >= 11 is 0. The Hall–Kier alpha value is -1.87. The maximum atomic E-state index is 14.2. The van der Waals surface area contributed by atoms with Crippen molar-refractivity contribution < 1.29 is 19.0 Å². The molecule has 6 nitrogen and oxygen atoms in total. The Morgan fingerprint density at radius 3 is 2.32 bits per heavy atom. The summed E-state index contributed by atoms with van der Waals surface area (Å²) in [6, 6.07) is 4.69. The van der Waals surface area contributed by atoms with Gasteiger partial charge in [-0.2, -0.15) is 5.10 Å². The normalized spacial score (nSPS) is 11.1. The van der Waals surface area contributed by atoms with Crippen LogP contribution in [0.25, 0.3) is 11.3 Å². The van der Waals surface area contributed by atoms with Gasteiger partial charge in [-0.05, 0) is 24.1 Å². The second-order valence-electron chi connectivity index (χ2n) is 6.78. The van der Waals surface area contributed by atoms with E-state index in [1.807, 2.05) is 13.8 Å². The van der Waals surface area contributed by atoms with Crippen molar-refractivity contribution in [1.82, 2.24) is 14.7 Å². The van der Waals surface area contributed by atoms with Crippen LogP contribution in [-0.2, 0) is 13.1 Å². The summed E-state index contributed by atoms with van der Waals surface area (Å²) in [5.41, 5.74) is 0.392. The first kappa shape index (κ1) is 24.2. The second-order valence-corrected chi connectivity index (χ2v) is 6.78. The molecule has 156 valence electrons. The fourth-order valence-corrected chi connectivity index (χ4v) is 2.80. The molecule has 0 saturated heterocycles. The third kappa shape index (κ3) is 6.34. The van der Waals surface area contributed by atoms with Gasteiger partial charge in [0.05, 0.1) is 18.9 Å². The van der Waals surface area contributed by atoms with Crippen LogP contribution in [0.2, 0.25) is 0 Å². The average Bonchev–Trinajstić information content (AvgIpc) is 2.58. The van der Waals surface area contributed by atoms with E-state index >= 15 is 0 Å². The van der Waals surface area contributed by atoms with E-state index in [0.29, 0.717) is 12.1 Å². The van der Waals surface area contributed by atoms with Gasteiger partial charge < -0.3 is 10.2 Å². The average molecular weight is 418 g/mol. The van der Waals surface area contributed by atoms with E-state index in [4.69, 9.17) is 0 Å². The molecule has 28 heavy (non-hydrogen) atoms. The number of hydrogen-bond donors (Lipinski definition) is 2. The lowest BCUT2D eigenvalue weighted by Gasteiger charge is -2.21. The number of aliphatic hydroxyl groups is 2. The number of aromatic nitrogens is 2. The van der Waals surface area contributed by atoms with Crippen molar-refractivity contribution in [2.75, 3.05) is 26.3 Å². The predicted octanol–water partition coefficient (Wildman–Crippen LogP) is 2.05. The molecule has 0 amide bonds. The highest BCUT2D eigenvalue weighted by Gasteiger charge is 2.16. The van der Waals surface area contributed by atoms with Gasteiger partial charge in [-0.1, -0.05) is 13.8 Å². The zero-order valence-corrected chi connectivity index (χ0v) is 16.8. The fraction of sp³-hybridized carbons (Fsp3) is 0.474. The molecule has 0 aliphatic heterocycles. The first-order valence-corrected chi connectivity index (χ1v) is 8.86. The Labute approximate surface area is 168 Å². The third-order valence-corrected chi connectivity index (χ3v) is 4.02. The summed E-state index contributed by atoms with van der Waals surface area (Å²) in [5.74, 6) is -1.31. The zero-order valence-electron chi connectivity index (χ0n) is 15.9. The Kier molecular flexibility index (Phi) is 9.68. The standard InChI is InChI=1S/C19H25F2N3O3.ClH/c1-13(2)11-24-19(27)14(12-23(5-7-25)6-8-26)9-18(22-24)16-4-3-15(20)10-17(16)21;/h3-4,9-10,13,25-26H,5-8,11-12H2,1-2H3;1H. The molecular weight excluding hydrogens is 392 g/mol. The third-order valence-electron chi connectivity index (χ3n) is 4.02. The van der Waals surface area contributed by atoms with Crippen LogP contribution in [0.5, 0.6) is 0 Å². The second kappa shape index (κ2) is 11.2. The highest BCUT2D eigenvalue weighted by molar-refractivity contribution is 5.85. The monoisotopic (exact) mass is 417 g/mol. The van der Waals surface area contributed by atoms with E-state index in [9.17, 15) is 23.8 Å². The van der Waals surface area contributed by atoms with E-state index in [2.05, 4.69) is 5.10 Å². The molecule has 1 heterocycles. The molecule has 2 rings (SSSR count). The van der Waals surface area contributed by atoms with Crippen LogP contribution in [0, 0.1) is 17.6 Å². The van der Waals surface area contributed by atoms with Crippen molar-refractivity contribution in [3.05, 3.63) is 51.8 Å². The summed E-state index contributed by atoms with van der Waals surface area (Å²) in [4.78, 5) is 14.5. The number of nitrogens with zero attached hydrogens (tertiary/aromatic N) is 3. The maximum absolute atomic E-state index is 14.2. The van der Waals surface area contributed by atoms with Gasteiger partial charge in [-0.3, -0.25) is 9.69 Å². The molecule has 2 aromatic rings. The number of rotatable bonds is 9. The maximum Gasteiger partial charge on any atom is 0.271 e. The van der Waals surface area contributed by atoms with Crippen molar-refractivity contribution in [2.24, 2.45) is 5.92 Å². The van der Waals surface area contributed by atoms with Gasteiger partial charge in [0.2, 0.25) is 0 Å². The van der Waals surface area contributed by atoms with Gasteiger partial charge in [0.25, 0.3) is 5.56 Å². The Morgan fingerprint density at radius 2 is 1.79 bits per heavy atom. The summed E-state index contributed by atoms with van der Waals surface area (Å²) in [6.45, 7) is 4.72. The Balaban J connectivity index is 0.00000392. The quantitative estimate of drug-likeness (QED) is 0.653. The van der Waals surface area contributed by atoms with Crippen LogP contribution in [0.4, 0.5) is 8.78 Å². The number of aliphatic hydroxyl groups excluding tert-OH is 2. The van der Waals surface area contributed by atoms with E-state index in [1.165, 1.54) is 16.8 Å². The summed E-state index contributed by atoms with van der Waals surface area (Å²) < 4.78 is 28.7. The lowest BCUT2D eigenvalue weighted by molar-refractivity contribution is 0.155. The van der Waals surface area contributed by atoms with Crippen molar-refractivity contribution in [3.63, 3.8) is 0 Å². The molecule has 0 aliphatic rings. The zero-order chi connectivity index (χ0) is 20.0. The van der Waals surface area contributed by atoms with Crippen LogP contribution >= 0.6 is 12.4 Å². The highest BCUT2D eigenvalue weighted by atomic mass is 35.5. The lowest BCUT2D eigenvalue weighted by atomic mass is 10.1. The first-order chi connectivity index (χ1) is 12.8. The van der Waals surface area contributed by atoms with Gasteiger partial charge in [-0.25, -0.2) is 13.5 Å². The summed E-state index contributed by atoms with van der Waals surface area (Å²) in [7, 11) is 0. The molecule has 0 radical (unpaired) electrons. The van der Waals surface area contributed by atoms with E-state index in [-0.39, 0.29) is 68.0 Å². The first-order valence-electron chi connectivity index (χ1n) is 8.86. The molecule has 0 saturated carbocycles. The van der Waals surface area contributed by atoms with Crippen LogP contribution in [0.1, 0.15) is 19.4 Å². The molecule has 1 aromatic carbocycles. The molecular formula is C19H26ClF2N3O3. The van der Waals surface area contributed by atoms with Crippen molar-refractivity contribution in [3.8, 4) is 11.3 Å².